The lowest BCUT2D eigenvalue weighted by Gasteiger charge is -2.18. The normalized spacial score (nSPS) is 12.2. The van der Waals surface area contributed by atoms with Crippen molar-refractivity contribution < 1.29 is 35.8 Å². The van der Waals surface area contributed by atoms with Crippen molar-refractivity contribution in [3.05, 3.63) is 65.0 Å². The van der Waals surface area contributed by atoms with Gasteiger partial charge in [0.1, 0.15) is 11.6 Å². The summed E-state index contributed by atoms with van der Waals surface area (Å²) in [6, 6.07) is 8.38. The van der Waals surface area contributed by atoms with E-state index >= 15 is 0 Å². The van der Waals surface area contributed by atoms with Crippen LogP contribution in [0, 0.1) is 5.82 Å². The average molecular weight is 420 g/mol. The molecule has 0 aliphatic heterocycles. The zero-order chi connectivity index (χ0) is 21.5. The summed E-state index contributed by atoms with van der Waals surface area (Å²) in [5.41, 5.74) is 0.282. The first-order valence-corrected chi connectivity index (χ1v) is 9.26. The van der Waals surface area contributed by atoms with Gasteiger partial charge in [-0.25, -0.2) is 4.39 Å². The Labute approximate surface area is 165 Å². The number of ether oxygens (including phenoxy) is 2. The third-order valence-corrected chi connectivity index (χ3v) is 4.25. The van der Waals surface area contributed by atoms with Crippen molar-refractivity contribution in [3.63, 3.8) is 0 Å². The molecule has 29 heavy (non-hydrogen) atoms. The molecule has 2 nitrogen and oxygen atoms in total. The molecule has 0 bridgehead atoms. The van der Waals surface area contributed by atoms with Crippen molar-refractivity contribution in [2.24, 2.45) is 0 Å². The van der Waals surface area contributed by atoms with Crippen LogP contribution in [0.15, 0.2) is 42.5 Å². The Morgan fingerprint density at radius 2 is 1.48 bits per heavy atom. The Kier molecular flexibility index (Phi) is 7.96. The van der Waals surface area contributed by atoms with E-state index in [9.17, 15) is 26.3 Å². The van der Waals surface area contributed by atoms with Gasteiger partial charge in [-0.15, -0.1) is 13.2 Å². The fraction of sp³-hybridized carbons (Fsp3) is 0.429. The smallest absolute Gasteiger partial charge is 0.406 e. The van der Waals surface area contributed by atoms with E-state index in [1.165, 1.54) is 18.2 Å². The quantitative estimate of drug-likeness (QED) is 0.312. The molecule has 0 radical (unpaired) electrons. The van der Waals surface area contributed by atoms with E-state index in [0.29, 0.717) is 17.5 Å². The Bertz CT molecular complexity index is 772. The lowest BCUT2D eigenvalue weighted by atomic mass is 10.0. The monoisotopic (exact) mass is 420 g/mol. The summed E-state index contributed by atoms with van der Waals surface area (Å²) < 4.78 is 87.2. The van der Waals surface area contributed by atoms with Crippen LogP contribution in [0.3, 0.4) is 0 Å². The Balaban J connectivity index is 1.91. The molecule has 0 heterocycles. The Morgan fingerprint density at radius 1 is 0.828 bits per heavy atom. The third-order valence-electron chi connectivity index (χ3n) is 4.25. The van der Waals surface area contributed by atoms with Gasteiger partial charge in [0.15, 0.2) is 0 Å². The average Bonchev–Trinajstić information content (AvgIpc) is 2.62. The van der Waals surface area contributed by atoms with Crippen molar-refractivity contribution in [3.8, 4) is 5.75 Å². The molecule has 0 saturated carbocycles. The molecule has 0 N–H and O–H groups in total. The van der Waals surface area contributed by atoms with E-state index in [4.69, 9.17) is 0 Å². The lowest BCUT2D eigenvalue weighted by molar-refractivity contribution is -0.274. The molecule has 0 amide bonds. The highest BCUT2D eigenvalue weighted by Gasteiger charge is 2.36. The second-order valence-corrected chi connectivity index (χ2v) is 6.58. The van der Waals surface area contributed by atoms with Crippen molar-refractivity contribution in [2.45, 2.75) is 51.5 Å². The minimum Gasteiger partial charge on any atom is -0.406 e. The first kappa shape index (κ1) is 23.1. The molecule has 0 unspecified atom stereocenters. The van der Waals surface area contributed by atoms with Gasteiger partial charge in [-0.1, -0.05) is 38.0 Å². The molecular formula is C21H22F6O2. The summed E-state index contributed by atoms with van der Waals surface area (Å²) in [5.74, 6) is -1.44. The molecular weight excluding hydrogens is 398 g/mol. The van der Waals surface area contributed by atoms with E-state index < -0.39 is 36.2 Å². The van der Waals surface area contributed by atoms with Gasteiger partial charge in [-0.3, -0.25) is 0 Å². The Morgan fingerprint density at radius 3 is 2.07 bits per heavy atom. The van der Waals surface area contributed by atoms with E-state index in [-0.39, 0.29) is 6.42 Å². The van der Waals surface area contributed by atoms with Crippen LogP contribution >= 0.6 is 0 Å². The predicted octanol–water partition coefficient (Wildman–Crippen LogP) is 6.77. The van der Waals surface area contributed by atoms with Gasteiger partial charge < -0.3 is 9.47 Å². The van der Waals surface area contributed by atoms with Gasteiger partial charge in [-0.05, 0) is 54.7 Å². The van der Waals surface area contributed by atoms with Gasteiger partial charge in [0.2, 0.25) is 0 Å². The molecule has 0 aromatic heterocycles. The van der Waals surface area contributed by atoms with E-state index in [1.807, 2.05) is 6.92 Å². The summed E-state index contributed by atoms with van der Waals surface area (Å²) in [5, 5.41) is 0. The van der Waals surface area contributed by atoms with Crippen molar-refractivity contribution >= 4 is 0 Å². The minimum absolute atomic E-state index is 0.0125. The summed E-state index contributed by atoms with van der Waals surface area (Å²) >= 11 is 0. The highest BCUT2D eigenvalue weighted by molar-refractivity contribution is 5.28. The predicted molar refractivity (Wildman–Crippen MR) is 96.3 cm³/mol. The van der Waals surface area contributed by atoms with Crippen LogP contribution in [0.1, 0.15) is 42.9 Å². The zero-order valence-corrected chi connectivity index (χ0v) is 15.9. The molecule has 2 aromatic carbocycles. The maximum absolute atomic E-state index is 14.2. The second-order valence-electron chi connectivity index (χ2n) is 6.58. The maximum Gasteiger partial charge on any atom is 0.573 e. The summed E-state index contributed by atoms with van der Waals surface area (Å²) in [6.45, 7) is 1.59. The standard InChI is InChI=1S/C21H22F6O2/c1-2-3-4-5-16-8-11-18(19(22)14-16)20(23,24)28-13-12-15-6-9-17(10-7-15)29-21(25,26)27/h6-11,14H,2-5,12-13H2,1H3. The number of aryl methyl sites for hydroxylation is 1. The number of hydrogen-bond acceptors (Lipinski definition) is 2. The fourth-order valence-corrected chi connectivity index (χ4v) is 2.76. The molecule has 0 atom stereocenters. The maximum atomic E-state index is 14.2. The van der Waals surface area contributed by atoms with Crippen LogP contribution in [0.5, 0.6) is 5.75 Å². The van der Waals surface area contributed by atoms with Crippen LogP contribution in [-0.4, -0.2) is 13.0 Å². The van der Waals surface area contributed by atoms with Gasteiger partial charge in [-0.2, -0.15) is 8.78 Å². The van der Waals surface area contributed by atoms with Gasteiger partial charge in [0.25, 0.3) is 0 Å². The summed E-state index contributed by atoms with van der Waals surface area (Å²) in [6.07, 6.45) is -5.15. The highest BCUT2D eigenvalue weighted by Crippen LogP contribution is 2.32. The third kappa shape index (κ3) is 7.61. The van der Waals surface area contributed by atoms with Crippen molar-refractivity contribution in [1.82, 2.24) is 0 Å². The second kappa shape index (κ2) is 10.0. The van der Waals surface area contributed by atoms with Crippen molar-refractivity contribution in [2.75, 3.05) is 6.61 Å². The van der Waals surface area contributed by atoms with Crippen LogP contribution in [0.4, 0.5) is 26.3 Å². The number of halogens is 6. The number of rotatable bonds is 10. The van der Waals surface area contributed by atoms with E-state index in [0.717, 1.165) is 43.5 Å². The van der Waals surface area contributed by atoms with E-state index in [2.05, 4.69) is 9.47 Å². The number of benzene rings is 2. The first-order chi connectivity index (χ1) is 13.6. The van der Waals surface area contributed by atoms with Gasteiger partial charge in [0, 0.05) is 0 Å². The van der Waals surface area contributed by atoms with E-state index in [1.54, 1.807) is 0 Å². The molecule has 8 heteroatoms. The van der Waals surface area contributed by atoms with Crippen LogP contribution < -0.4 is 4.74 Å². The van der Waals surface area contributed by atoms with Crippen LogP contribution in [0.25, 0.3) is 0 Å². The number of unbranched alkanes of at least 4 members (excludes halogenated alkanes) is 2. The summed E-state index contributed by atoms with van der Waals surface area (Å²) in [4.78, 5) is 0. The molecule has 2 rings (SSSR count). The number of hydrogen-bond donors (Lipinski definition) is 0. The molecule has 0 saturated heterocycles. The number of alkyl halides is 5. The topological polar surface area (TPSA) is 18.5 Å². The fourth-order valence-electron chi connectivity index (χ4n) is 2.76. The molecule has 0 fully saturated rings. The van der Waals surface area contributed by atoms with Crippen molar-refractivity contribution in [1.29, 1.82) is 0 Å². The molecule has 0 aliphatic carbocycles. The van der Waals surface area contributed by atoms with Gasteiger partial charge in [0.05, 0.1) is 12.2 Å². The molecule has 0 spiro atoms. The first-order valence-electron chi connectivity index (χ1n) is 9.26. The van der Waals surface area contributed by atoms with Crippen LogP contribution in [0.2, 0.25) is 0 Å². The minimum atomic E-state index is -4.80. The molecule has 160 valence electrons. The lowest BCUT2D eigenvalue weighted by Crippen LogP contribution is -2.21. The largest absolute Gasteiger partial charge is 0.573 e. The van der Waals surface area contributed by atoms with Gasteiger partial charge >= 0.3 is 12.5 Å². The van der Waals surface area contributed by atoms with Crippen LogP contribution in [-0.2, 0) is 23.7 Å². The summed E-state index contributed by atoms with van der Waals surface area (Å²) in [7, 11) is 0. The Hall–Kier alpha value is -2.22. The molecule has 2 aromatic rings. The highest BCUT2D eigenvalue weighted by atomic mass is 19.4. The zero-order valence-electron chi connectivity index (χ0n) is 15.9. The molecule has 0 aliphatic rings. The SMILES string of the molecule is CCCCCc1ccc(C(F)(F)OCCc2ccc(OC(F)(F)F)cc2)c(F)c1.